The first-order chi connectivity index (χ1) is 11.6. The molecule has 0 atom stereocenters. The molecule has 2 aromatic carbocycles. The Labute approximate surface area is 136 Å². The molecule has 120 valence electrons. The number of halogens is 1. The van der Waals surface area contributed by atoms with Gasteiger partial charge in [0.15, 0.2) is 0 Å². The van der Waals surface area contributed by atoms with Gasteiger partial charge in [-0.1, -0.05) is 6.07 Å². The van der Waals surface area contributed by atoms with Crippen molar-refractivity contribution < 1.29 is 9.18 Å². The SMILES string of the molecule is CC(=O)NCc1nc2ccc(-c3c[nH]c4cc(F)ccc34)cc2[nH]1. The van der Waals surface area contributed by atoms with E-state index in [4.69, 9.17) is 0 Å². The highest BCUT2D eigenvalue weighted by molar-refractivity contribution is 5.97. The van der Waals surface area contributed by atoms with Crippen LogP contribution in [0.3, 0.4) is 0 Å². The number of hydrogen-bond donors (Lipinski definition) is 3. The van der Waals surface area contributed by atoms with Gasteiger partial charge in [0.05, 0.1) is 17.6 Å². The number of benzene rings is 2. The molecule has 4 aromatic rings. The maximum atomic E-state index is 13.3. The van der Waals surface area contributed by atoms with Gasteiger partial charge >= 0.3 is 0 Å². The third-order valence-electron chi connectivity index (χ3n) is 3.99. The number of nitrogens with one attached hydrogen (secondary N) is 3. The number of fused-ring (bicyclic) bond motifs is 2. The summed E-state index contributed by atoms with van der Waals surface area (Å²) in [6.45, 7) is 1.84. The van der Waals surface area contributed by atoms with Gasteiger partial charge in [-0.3, -0.25) is 4.79 Å². The number of nitrogens with zero attached hydrogens (tertiary/aromatic N) is 1. The summed E-state index contributed by atoms with van der Waals surface area (Å²) in [5, 5.41) is 3.69. The summed E-state index contributed by atoms with van der Waals surface area (Å²) < 4.78 is 13.3. The monoisotopic (exact) mass is 322 g/mol. The normalized spacial score (nSPS) is 11.2. The standard InChI is InChI=1S/C18H15FN4O/c1-10(24)20-9-18-22-15-5-2-11(6-17(15)23-18)14-8-21-16-7-12(19)3-4-13(14)16/h2-8,21H,9H2,1H3,(H,20,24)(H,22,23). The average molecular weight is 322 g/mol. The molecular formula is C18H15FN4O. The second-order valence-electron chi connectivity index (χ2n) is 5.72. The van der Waals surface area contributed by atoms with Gasteiger partial charge in [0.2, 0.25) is 5.91 Å². The first kappa shape index (κ1) is 14.4. The predicted octanol–water partition coefficient (Wildman–Crippen LogP) is 3.49. The number of hydrogen-bond acceptors (Lipinski definition) is 2. The number of carbonyl (C=O) groups excluding carboxylic acids is 1. The molecule has 0 spiro atoms. The Morgan fingerprint density at radius 2 is 2.08 bits per heavy atom. The molecule has 6 heteroatoms. The van der Waals surface area contributed by atoms with E-state index in [1.165, 1.54) is 19.1 Å². The van der Waals surface area contributed by atoms with Gasteiger partial charge in [0, 0.05) is 29.6 Å². The predicted molar refractivity (Wildman–Crippen MR) is 90.9 cm³/mol. The van der Waals surface area contributed by atoms with Crippen molar-refractivity contribution in [2.45, 2.75) is 13.5 Å². The van der Waals surface area contributed by atoms with Crippen LogP contribution < -0.4 is 5.32 Å². The number of rotatable bonds is 3. The molecule has 0 saturated heterocycles. The molecule has 4 rings (SSSR count). The Morgan fingerprint density at radius 1 is 1.21 bits per heavy atom. The summed E-state index contributed by atoms with van der Waals surface area (Å²) in [6, 6.07) is 10.6. The highest BCUT2D eigenvalue weighted by atomic mass is 19.1. The van der Waals surface area contributed by atoms with E-state index in [-0.39, 0.29) is 11.7 Å². The van der Waals surface area contributed by atoms with E-state index in [1.54, 1.807) is 6.07 Å². The van der Waals surface area contributed by atoms with Crippen LogP contribution in [0.4, 0.5) is 4.39 Å². The van der Waals surface area contributed by atoms with Crippen molar-refractivity contribution in [3.05, 3.63) is 54.2 Å². The number of aromatic nitrogens is 3. The molecule has 2 heterocycles. The molecule has 0 bridgehead atoms. The molecule has 0 aliphatic carbocycles. The average Bonchev–Trinajstić information content (AvgIpc) is 3.14. The van der Waals surface area contributed by atoms with Crippen LogP contribution in [0.2, 0.25) is 0 Å². The van der Waals surface area contributed by atoms with Gasteiger partial charge in [0.25, 0.3) is 0 Å². The molecule has 3 N–H and O–H groups in total. The van der Waals surface area contributed by atoms with Gasteiger partial charge in [-0.25, -0.2) is 9.37 Å². The van der Waals surface area contributed by atoms with E-state index in [0.29, 0.717) is 12.4 Å². The maximum absolute atomic E-state index is 13.3. The Balaban J connectivity index is 1.74. The van der Waals surface area contributed by atoms with Crippen LogP contribution in [0, 0.1) is 5.82 Å². The van der Waals surface area contributed by atoms with Crippen LogP contribution in [-0.4, -0.2) is 20.9 Å². The van der Waals surface area contributed by atoms with E-state index in [1.807, 2.05) is 24.4 Å². The molecule has 0 radical (unpaired) electrons. The Bertz CT molecular complexity index is 1060. The molecule has 0 aliphatic rings. The minimum atomic E-state index is -0.262. The lowest BCUT2D eigenvalue weighted by Crippen LogP contribution is -2.19. The molecule has 5 nitrogen and oxygen atoms in total. The topological polar surface area (TPSA) is 73.6 Å². The van der Waals surface area contributed by atoms with Crippen LogP contribution in [0.25, 0.3) is 33.1 Å². The number of H-pyrrole nitrogens is 2. The van der Waals surface area contributed by atoms with Crippen molar-refractivity contribution in [2.75, 3.05) is 0 Å². The summed E-state index contributed by atoms with van der Waals surface area (Å²) in [5.74, 6) is 0.350. The smallest absolute Gasteiger partial charge is 0.217 e. The van der Waals surface area contributed by atoms with E-state index < -0.39 is 0 Å². The van der Waals surface area contributed by atoms with E-state index in [9.17, 15) is 9.18 Å². The highest BCUT2D eigenvalue weighted by Crippen LogP contribution is 2.30. The number of amides is 1. The molecule has 0 unspecified atom stereocenters. The molecular weight excluding hydrogens is 307 g/mol. The summed E-state index contributed by atoms with van der Waals surface area (Å²) in [5.41, 5.74) is 4.51. The third-order valence-corrected chi connectivity index (χ3v) is 3.99. The molecule has 0 fully saturated rings. The Kier molecular flexibility index (Phi) is 3.30. The third kappa shape index (κ3) is 2.52. The highest BCUT2D eigenvalue weighted by Gasteiger charge is 2.09. The van der Waals surface area contributed by atoms with Gasteiger partial charge < -0.3 is 15.3 Å². The van der Waals surface area contributed by atoms with Gasteiger partial charge in [0.1, 0.15) is 11.6 Å². The Hall–Kier alpha value is -3.15. The van der Waals surface area contributed by atoms with Crippen LogP contribution in [0.1, 0.15) is 12.7 Å². The van der Waals surface area contributed by atoms with Gasteiger partial charge in [-0.15, -0.1) is 0 Å². The van der Waals surface area contributed by atoms with Crippen molar-refractivity contribution in [3.63, 3.8) is 0 Å². The van der Waals surface area contributed by atoms with Crippen LogP contribution >= 0.6 is 0 Å². The van der Waals surface area contributed by atoms with E-state index in [0.717, 1.165) is 33.1 Å². The summed E-state index contributed by atoms with van der Waals surface area (Å²) in [6.07, 6.45) is 1.87. The minimum absolute atomic E-state index is 0.0952. The Morgan fingerprint density at radius 3 is 2.92 bits per heavy atom. The van der Waals surface area contributed by atoms with Crippen LogP contribution in [0.5, 0.6) is 0 Å². The molecule has 0 aliphatic heterocycles. The fraction of sp³-hybridized carbons (Fsp3) is 0.111. The van der Waals surface area contributed by atoms with E-state index in [2.05, 4.69) is 20.3 Å². The van der Waals surface area contributed by atoms with Crippen molar-refractivity contribution in [1.29, 1.82) is 0 Å². The molecule has 1 amide bonds. The second kappa shape index (κ2) is 5.49. The maximum Gasteiger partial charge on any atom is 0.217 e. The van der Waals surface area contributed by atoms with Crippen molar-refractivity contribution in [1.82, 2.24) is 20.3 Å². The first-order valence-electron chi connectivity index (χ1n) is 7.60. The number of imidazole rings is 1. The van der Waals surface area contributed by atoms with Crippen LogP contribution in [0.15, 0.2) is 42.6 Å². The summed E-state index contributed by atoms with van der Waals surface area (Å²) in [7, 11) is 0. The lowest BCUT2D eigenvalue weighted by atomic mass is 10.0. The lowest BCUT2D eigenvalue weighted by Gasteiger charge is -2.00. The lowest BCUT2D eigenvalue weighted by molar-refractivity contribution is -0.119. The fourth-order valence-corrected chi connectivity index (χ4v) is 2.86. The van der Waals surface area contributed by atoms with Gasteiger partial charge in [-0.2, -0.15) is 0 Å². The zero-order chi connectivity index (χ0) is 16.7. The molecule has 2 aromatic heterocycles. The minimum Gasteiger partial charge on any atom is -0.360 e. The van der Waals surface area contributed by atoms with Crippen molar-refractivity contribution in [3.8, 4) is 11.1 Å². The largest absolute Gasteiger partial charge is 0.360 e. The fourth-order valence-electron chi connectivity index (χ4n) is 2.86. The second-order valence-corrected chi connectivity index (χ2v) is 5.72. The summed E-state index contributed by atoms with van der Waals surface area (Å²) >= 11 is 0. The number of aromatic amines is 2. The van der Waals surface area contributed by atoms with Gasteiger partial charge in [-0.05, 0) is 35.9 Å². The number of carbonyl (C=O) groups is 1. The zero-order valence-electron chi connectivity index (χ0n) is 13.0. The quantitative estimate of drug-likeness (QED) is 0.540. The van der Waals surface area contributed by atoms with Crippen LogP contribution in [-0.2, 0) is 11.3 Å². The first-order valence-corrected chi connectivity index (χ1v) is 7.60. The summed E-state index contributed by atoms with van der Waals surface area (Å²) in [4.78, 5) is 21.8. The zero-order valence-corrected chi connectivity index (χ0v) is 13.0. The van der Waals surface area contributed by atoms with Crippen molar-refractivity contribution >= 4 is 27.8 Å². The van der Waals surface area contributed by atoms with E-state index >= 15 is 0 Å². The molecule has 0 saturated carbocycles. The van der Waals surface area contributed by atoms with Crippen molar-refractivity contribution in [2.24, 2.45) is 0 Å². The molecule has 24 heavy (non-hydrogen) atoms.